The van der Waals surface area contributed by atoms with Crippen molar-refractivity contribution in [2.45, 2.75) is 19.1 Å². The van der Waals surface area contributed by atoms with E-state index < -0.39 is 6.10 Å². The zero-order valence-corrected chi connectivity index (χ0v) is 12.2. The maximum absolute atomic E-state index is 12.4. The predicted molar refractivity (Wildman–Crippen MR) is 81.3 cm³/mol. The third-order valence-electron chi connectivity index (χ3n) is 3.43. The van der Waals surface area contributed by atoms with Crippen LogP contribution < -0.4 is 5.32 Å². The quantitative estimate of drug-likeness (QED) is 0.937. The Balaban J connectivity index is 1.82. The molecule has 1 aliphatic heterocycles. The zero-order valence-electron chi connectivity index (χ0n) is 12.2. The molecular weight excluding hydrogens is 282 g/mol. The van der Waals surface area contributed by atoms with Gasteiger partial charge in [-0.25, -0.2) is 4.98 Å². The molecule has 0 bridgehead atoms. The second-order valence-electron chi connectivity index (χ2n) is 4.98. The van der Waals surface area contributed by atoms with Gasteiger partial charge in [-0.3, -0.25) is 9.78 Å². The third kappa shape index (κ3) is 3.13. The highest BCUT2D eigenvalue weighted by Gasteiger charge is 2.30. The van der Waals surface area contributed by atoms with E-state index >= 15 is 0 Å². The number of nitrogens with zero attached hydrogens (tertiary/aromatic N) is 2. The smallest absolute Gasteiger partial charge is 0.257 e. The molecule has 6 nitrogen and oxygen atoms in total. The summed E-state index contributed by atoms with van der Waals surface area (Å²) in [5.41, 5.74) is 1.51. The molecule has 1 amide bonds. The van der Waals surface area contributed by atoms with Crippen LogP contribution in [0.5, 0.6) is 0 Å². The van der Waals surface area contributed by atoms with Gasteiger partial charge in [0.05, 0.1) is 19.3 Å². The molecule has 0 saturated carbocycles. The molecule has 1 aromatic carbocycles. The van der Waals surface area contributed by atoms with E-state index in [1.54, 1.807) is 12.4 Å². The van der Waals surface area contributed by atoms with Crippen LogP contribution in [0.3, 0.4) is 0 Å². The molecule has 1 N–H and O–H groups in total. The van der Waals surface area contributed by atoms with E-state index in [0.29, 0.717) is 24.7 Å². The summed E-state index contributed by atoms with van der Waals surface area (Å²) in [6.45, 7) is 2.73. The highest BCUT2D eigenvalue weighted by molar-refractivity contribution is 5.96. The Morgan fingerprint density at radius 1 is 1.14 bits per heavy atom. The van der Waals surface area contributed by atoms with Crippen LogP contribution in [0.1, 0.15) is 6.92 Å². The molecular formula is C16H17N3O3. The molecule has 2 aromatic rings. The van der Waals surface area contributed by atoms with E-state index in [2.05, 4.69) is 15.3 Å². The van der Waals surface area contributed by atoms with E-state index in [4.69, 9.17) is 9.47 Å². The van der Waals surface area contributed by atoms with Gasteiger partial charge in [-0.05, 0) is 6.92 Å². The van der Waals surface area contributed by atoms with E-state index in [9.17, 15) is 4.79 Å². The van der Waals surface area contributed by atoms with Crippen molar-refractivity contribution in [1.82, 2.24) is 9.97 Å². The lowest BCUT2D eigenvalue weighted by Gasteiger charge is -2.28. The van der Waals surface area contributed by atoms with Crippen LogP contribution in [0.4, 0.5) is 5.82 Å². The van der Waals surface area contributed by atoms with Crippen LogP contribution in [0, 0.1) is 0 Å². The number of aromatic nitrogens is 2. The van der Waals surface area contributed by atoms with Gasteiger partial charge in [-0.1, -0.05) is 30.3 Å². The minimum atomic E-state index is -0.639. The lowest BCUT2D eigenvalue weighted by Crippen LogP contribution is -2.45. The Bertz CT molecular complexity index is 648. The van der Waals surface area contributed by atoms with Crippen LogP contribution in [-0.4, -0.2) is 41.3 Å². The van der Waals surface area contributed by atoms with Crippen molar-refractivity contribution in [1.29, 1.82) is 0 Å². The fourth-order valence-corrected chi connectivity index (χ4v) is 2.35. The molecule has 1 aromatic heterocycles. The van der Waals surface area contributed by atoms with Gasteiger partial charge in [-0.15, -0.1) is 0 Å². The van der Waals surface area contributed by atoms with Crippen molar-refractivity contribution in [2.75, 3.05) is 18.5 Å². The topological polar surface area (TPSA) is 73.3 Å². The Kier molecular flexibility index (Phi) is 4.41. The van der Waals surface area contributed by atoms with Gasteiger partial charge in [-0.2, -0.15) is 0 Å². The molecule has 0 unspecified atom stereocenters. The predicted octanol–water partition coefficient (Wildman–Crippen LogP) is 1.89. The summed E-state index contributed by atoms with van der Waals surface area (Å²) in [5, 5.41) is 2.79. The summed E-state index contributed by atoms with van der Waals surface area (Å²) in [7, 11) is 0. The number of nitrogens with one attached hydrogen (secondary N) is 1. The second-order valence-corrected chi connectivity index (χ2v) is 4.98. The zero-order chi connectivity index (χ0) is 15.4. The Labute approximate surface area is 128 Å². The van der Waals surface area contributed by atoms with Gasteiger partial charge in [0, 0.05) is 18.0 Å². The molecule has 0 radical (unpaired) electrons. The van der Waals surface area contributed by atoms with Gasteiger partial charge in [0.15, 0.2) is 11.9 Å². The van der Waals surface area contributed by atoms with Crippen molar-refractivity contribution in [3.05, 3.63) is 42.7 Å². The molecule has 1 fully saturated rings. The number of amides is 1. The minimum Gasteiger partial charge on any atom is -0.373 e. The van der Waals surface area contributed by atoms with E-state index in [-0.39, 0.29) is 12.0 Å². The minimum absolute atomic E-state index is 0.273. The van der Waals surface area contributed by atoms with Gasteiger partial charge in [0.2, 0.25) is 0 Å². The molecule has 6 heteroatoms. The highest BCUT2D eigenvalue weighted by atomic mass is 16.6. The standard InChI is InChI=1S/C16H17N3O3/c1-11-14(22-10-9-21-11)16(20)19-15-13(17-7-8-18-15)12-5-3-2-4-6-12/h2-8,11,14H,9-10H2,1H3,(H,18,19,20)/t11-,14-/m0/s1. The summed E-state index contributed by atoms with van der Waals surface area (Å²) < 4.78 is 10.9. The average Bonchev–Trinajstić information content (AvgIpc) is 2.56. The lowest BCUT2D eigenvalue weighted by molar-refractivity contribution is -0.157. The Morgan fingerprint density at radius 3 is 2.64 bits per heavy atom. The number of hydrogen-bond acceptors (Lipinski definition) is 5. The maximum atomic E-state index is 12.4. The molecule has 114 valence electrons. The summed E-state index contributed by atoms with van der Waals surface area (Å²) in [6, 6.07) is 9.59. The number of carbonyl (C=O) groups is 1. The van der Waals surface area contributed by atoms with Crippen molar-refractivity contribution in [3.8, 4) is 11.3 Å². The Hall–Kier alpha value is -2.31. The van der Waals surface area contributed by atoms with Crippen molar-refractivity contribution in [3.63, 3.8) is 0 Å². The van der Waals surface area contributed by atoms with Crippen molar-refractivity contribution in [2.24, 2.45) is 0 Å². The molecule has 0 aliphatic carbocycles. The number of benzene rings is 1. The van der Waals surface area contributed by atoms with Crippen molar-refractivity contribution < 1.29 is 14.3 Å². The average molecular weight is 299 g/mol. The largest absolute Gasteiger partial charge is 0.373 e. The van der Waals surface area contributed by atoms with Crippen LogP contribution in [0.15, 0.2) is 42.7 Å². The fraction of sp³-hybridized carbons (Fsp3) is 0.312. The monoisotopic (exact) mass is 299 g/mol. The molecule has 22 heavy (non-hydrogen) atoms. The molecule has 2 atom stereocenters. The van der Waals surface area contributed by atoms with E-state index in [1.807, 2.05) is 37.3 Å². The lowest BCUT2D eigenvalue weighted by atomic mass is 10.1. The SMILES string of the molecule is C[C@@H]1OCCO[C@@H]1C(=O)Nc1nccnc1-c1ccccc1. The number of rotatable bonds is 3. The number of hydrogen-bond donors (Lipinski definition) is 1. The van der Waals surface area contributed by atoms with Crippen LogP contribution >= 0.6 is 0 Å². The first-order valence-corrected chi connectivity index (χ1v) is 7.16. The third-order valence-corrected chi connectivity index (χ3v) is 3.43. The van der Waals surface area contributed by atoms with E-state index in [0.717, 1.165) is 5.56 Å². The number of ether oxygens (including phenoxy) is 2. The highest BCUT2D eigenvalue weighted by Crippen LogP contribution is 2.23. The van der Waals surface area contributed by atoms with Crippen LogP contribution in [-0.2, 0) is 14.3 Å². The van der Waals surface area contributed by atoms with Gasteiger partial charge in [0.1, 0.15) is 5.69 Å². The van der Waals surface area contributed by atoms with Crippen molar-refractivity contribution >= 4 is 11.7 Å². The first kappa shape index (κ1) is 14.6. The van der Waals surface area contributed by atoms with Gasteiger partial charge < -0.3 is 14.8 Å². The molecule has 0 spiro atoms. The van der Waals surface area contributed by atoms with Crippen LogP contribution in [0.2, 0.25) is 0 Å². The summed E-state index contributed by atoms with van der Waals surface area (Å²) >= 11 is 0. The van der Waals surface area contributed by atoms with E-state index in [1.165, 1.54) is 0 Å². The Morgan fingerprint density at radius 2 is 1.86 bits per heavy atom. The number of anilines is 1. The fourth-order valence-electron chi connectivity index (χ4n) is 2.35. The molecule has 2 heterocycles. The van der Waals surface area contributed by atoms with Gasteiger partial charge >= 0.3 is 0 Å². The molecule has 1 aliphatic rings. The molecule has 3 rings (SSSR count). The second kappa shape index (κ2) is 6.64. The summed E-state index contributed by atoms with van der Waals surface area (Å²) in [6.07, 6.45) is 2.22. The maximum Gasteiger partial charge on any atom is 0.257 e. The number of carbonyl (C=O) groups excluding carboxylic acids is 1. The normalized spacial score (nSPS) is 21.3. The first-order chi connectivity index (χ1) is 10.8. The van der Waals surface area contributed by atoms with Gasteiger partial charge in [0.25, 0.3) is 5.91 Å². The summed E-state index contributed by atoms with van der Waals surface area (Å²) in [4.78, 5) is 20.9. The first-order valence-electron chi connectivity index (χ1n) is 7.16. The molecule has 1 saturated heterocycles. The van der Waals surface area contributed by atoms with Crippen LogP contribution in [0.25, 0.3) is 11.3 Å². The summed E-state index contributed by atoms with van der Waals surface area (Å²) in [5.74, 6) is 0.143.